The van der Waals surface area contributed by atoms with Crippen molar-refractivity contribution < 1.29 is 14.1 Å². The molecule has 0 aromatic heterocycles. The second-order valence-corrected chi connectivity index (χ2v) is 8.10. The summed E-state index contributed by atoms with van der Waals surface area (Å²) in [6.45, 7) is 9.30. The molecule has 3 rings (SSSR count). The molecule has 1 amide bonds. The van der Waals surface area contributed by atoms with Crippen LogP contribution in [0.1, 0.15) is 61.5 Å². The SMILES string of the molecule is CCN1c2cc(F)c(/C=N\NC(=O)c3ccc([N+](=O)[O-])cc3)cc2C(C)CC1(C)C. The minimum absolute atomic E-state index is 0.0536. The van der Waals surface area contributed by atoms with E-state index in [9.17, 15) is 19.3 Å². The number of hydrogen-bond donors (Lipinski definition) is 1. The number of halogens is 1. The molecule has 1 atom stereocenters. The summed E-state index contributed by atoms with van der Waals surface area (Å²) in [6, 6.07) is 8.48. The summed E-state index contributed by atoms with van der Waals surface area (Å²) in [4.78, 5) is 24.5. The van der Waals surface area contributed by atoms with Gasteiger partial charge in [-0.25, -0.2) is 9.82 Å². The van der Waals surface area contributed by atoms with Gasteiger partial charge >= 0.3 is 0 Å². The van der Waals surface area contributed by atoms with Crippen molar-refractivity contribution >= 4 is 23.5 Å². The normalized spacial score (nSPS) is 17.6. The number of hydrazone groups is 1. The molecular weight excluding hydrogens is 387 g/mol. The van der Waals surface area contributed by atoms with Gasteiger partial charge in [0.2, 0.25) is 0 Å². The number of fused-ring (bicyclic) bond motifs is 1. The van der Waals surface area contributed by atoms with Crippen LogP contribution in [0, 0.1) is 15.9 Å². The lowest BCUT2D eigenvalue weighted by molar-refractivity contribution is -0.384. The summed E-state index contributed by atoms with van der Waals surface area (Å²) < 4.78 is 14.7. The number of nitrogens with zero attached hydrogens (tertiary/aromatic N) is 3. The number of nitro groups is 1. The lowest BCUT2D eigenvalue weighted by Gasteiger charge is -2.47. The van der Waals surface area contributed by atoms with E-state index in [-0.39, 0.29) is 22.7 Å². The molecule has 30 heavy (non-hydrogen) atoms. The summed E-state index contributed by atoms with van der Waals surface area (Å²) in [5, 5.41) is 14.6. The third-order valence-corrected chi connectivity index (χ3v) is 5.53. The molecule has 0 fully saturated rings. The molecule has 1 N–H and O–H groups in total. The maximum absolute atomic E-state index is 14.7. The molecule has 0 saturated carbocycles. The molecule has 2 aromatic rings. The minimum Gasteiger partial charge on any atom is -0.366 e. The third kappa shape index (κ3) is 4.17. The van der Waals surface area contributed by atoms with Crippen LogP contribution in [-0.2, 0) is 0 Å². The number of anilines is 1. The first-order chi connectivity index (χ1) is 14.1. The van der Waals surface area contributed by atoms with E-state index in [1.165, 1.54) is 36.5 Å². The van der Waals surface area contributed by atoms with Gasteiger partial charge in [0.15, 0.2) is 0 Å². The predicted molar refractivity (Wildman–Crippen MR) is 115 cm³/mol. The number of nitro benzene ring substituents is 1. The summed E-state index contributed by atoms with van der Waals surface area (Å²) >= 11 is 0. The van der Waals surface area contributed by atoms with Gasteiger partial charge in [-0.2, -0.15) is 5.10 Å². The lowest BCUT2D eigenvalue weighted by atomic mass is 9.79. The molecule has 0 saturated heterocycles. The number of carbonyl (C=O) groups is 1. The van der Waals surface area contributed by atoms with E-state index in [1.54, 1.807) is 6.07 Å². The predicted octanol–water partition coefficient (Wildman–Crippen LogP) is 4.61. The zero-order valence-corrected chi connectivity index (χ0v) is 17.5. The van der Waals surface area contributed by atoms with Gasteiger partial charge < -0.3 is 4.90 Å². The van der Waals surface area contributed by atoms with Gasteiger partial charge in [0.05, 0.1) is 11.1 Å². The van der Waals surface area contributed by atoms with Crippen molar-refractivity contribution in [2.45, 2.75) is 45.6 Å². The summed E-state index contributed by atoms with van der Waals surface area (Å²) in [7, 11) is 0. The Labute approximate surface area is 174 Å². The van der Waals surface area contributed by atoms with Crippen LogP contribution in [0.3, 0.4) is 0 Å². The quantitative estimate of drug-likeness (QED) is 0.441. The molecule has 1 aliphatic rings. The molecule has 1 heterocycles. The number of rotatable bonds is 5. The van der Waals surface area contributed by atoms with Gasteiger partial charge in [0.1, 0.15) is 5.82 Å². The van der Waals surface area contributed by atoms with Gasteiger partial charge in [-0.1, -0.05) is 6.92 Å². The fraction of sp³-hybridized carbons (Fsp3) is 0.364. The van der Waals surface area contributed by atoms with Crippen LogP contribution in [0.15, 0.2) is 41.5 Å². The monoisotopic (exact) mass is 412 g/mol. The van der Waals surface area contributed by atoms with Crippen LogP contribution in [0.2, 0.25) is 0 Å². The number of amides is 1. The highest BCUT2D eigenvalue weighted by Gasteiger charge is 2.36. The van der Waals surface area contributed by atoms with Crippen LogP contribution in [-0.4, -0.2) is 29.1 Å². The Hall–Kier alpha value is -3.29. The highest BCUT2D eigenvalue weighted by atomic mass is 19.1. The standard InChI is InChI=1S/C22H25FN4O3/c1-5-26-20-11-19(23)16(10-18(20)14(2)12-22(26,3)4)13-24-25-21(28)15-6-8-17(9-7-15)27(29)30/h6-11,13-14H,5,12H2,1-4H3,(H,25,28)/b24-13-. The van der Waals surface area contributed by atoms with E-state index in [2.05, 4.69) is 43.1 Å². The summed E-state index contributed by atoms with van der Waals surface area (Å²) in [6.07, 6.45) is 2.23. The van der Waals surface area contributed by atoms with Crippen molar-refractivity contribution in [1.82, 2.24) is 5.43 Å². The van der Waals surface area contributed by atoms with Crippen molar-refractivity contribution in [3.63, 3.8) is 0 Å². The molecule has 0 aliphatic carbocycles. The van der Waals surface area contributed by atoms with E-state index in [0.29, 0.717) is 5.56 Å². The topological polar surface area (TPSA) is 87.8 Å². The van der Waals surface area contributed by atoms with E-state index >= 15 is 0 Å². The van der Waals surface area contributed by atoms with Crippen LogP contribution >= 0.6 is 0 Å². The van der Waals surface area contributed by atoms with Gasteiger partial charge in [-0.15, -0.1) is 0 Å². The highest BCUT2D eigenvalue weighted by Crippen LogP contribution is 2.43. The molecule has 8 heteroatoms. The maximum Gasteiger partial charge on any atom is 0.271 e. The maximum atomic E-state index is 14.7. The van der Waals surface area contributed by atoms with Crippen LogP contribution in [0.4, 0.5) is 15.8 Å². The second-order valence-electron chi connectivity index (χ2n) is 8.10. The fourth-order valence-corrected chi connectivity index (χ4v) is 4.18. The Kier molecular flexibility index (Phi) is 5.87. The van der Waals surface area contributed by atoms with Gasteiger partial charge in [0.25, 0.3) is 11.6 Å². The van der Waals surface area contributed by atoms with Gasteiger partial charge in [-0.05, 0) is 62.9 Å². The Balaban J connectivity index is 1.79. The largest absolute Gasteiger partial charge is 0.366 e. The van der Waals surface area contributed by atoms with E-state index in [0.717, 1.165) is 24.2 Å². The molecule has 158 valence electrons. The average molecular weight is 412 g/mol. The van der Waals surface area contributed by atoms with Crippen molar-refractivity contribution in [1.29, 1.82) is 0 Å². The first-order valence-corrected chi connectivity index (χ1v) is 9.83. The summed E-state index contributed by atoms with van der Waals surface area (Å²) in [5.74, 6) is -0.683. The number of hydrogen-bond acceptors (Lipinski definition) is 5. The number of benzene rings is 2. The van der Waals surface area contributed by atoms with Crippen LogP contribution in [0.5, 0.6) is 0 Å². The molecular formula is C22H25FN4O3. The molecule has 1 aliphatic heterocycles. The van der Waals surface area contributed by atoms with Crippen molar-refractivity contribution in [3.8, 4) is 0 Å². The fourth-order valence-electron chi connectivity index (χ4n) is 4.18. The Morgan fingerprint density at radius 3 is 2.63 bits per heavy atom. The molecule has 7 nitrogen and oxygen atoms in total. The Morgan fingerprint density at radius 2 is 2.03 bits per heavy atom. The van der Waals surface area contributed by atoms with Gasteiger partial charge in [0, 0.05) is 41.0 Å². The molecule has 2 aromatic carbocycles. The van der Waals surface area contributed by atoms with E-state index in [1.807, 2.05) is 0 Å². The minimum atomic E-state index is -0.541. The number of non-ortho nitro benzene ring substituents is 1. The molecule has 0 bridgehead atoms. The molecule has 0 radical (unpaired) electrons. The molecule has 1 unspecified atom stereocenters. The van der Waals surface area contributed by atoms with E-state index < -0.39 is 16.6 Å². The second kappa shape index (κ2) is 8.22. The van der Waals surface area contributed by atoms with Crippen molar-refractivity contribution in [2.24, 2.45) is 5.10 Å². The Morgan fingerprint density at radius 1 is 1.37 bits per heavy atom. The third-order valence-electron chi connectivity index (χ3n) is 5.53. The van der Waals surface area contributed by atoms with Crippen LogP contribution < -0.4 is 10.3 Å². The van der Waals surface area contributed by atoms with E-state index in [4.69, 9.17) is 0 Å². The number of nitrogens with one attached hydrogen (secondary N) is 1. The summed E-state index contributed by atoms with van der Waals surface area (Å²) in [5.41, 5.74) is 4.63. The zero-order valence-electron chi connectivity index (χ0n) is 17.5. The van der Waals surface area contributed by atoms with Crippen molar-refractivity contribution in [3.05, 3.63) is 69.0 Å². The zero-order chi connectivity index (χ0) is 22.1. The smallest absolute Gasteiger partial charge is 0.271 e. The Bertz CT molecular complexity index is 1000. The van der Waals surface area contributed by atoms with Crippen LogP contribution in [0.25, 0.3) is 0 Å². The lowest BCUT2D eigenvalue weighted by Crippen LogP contribution is -2.48. The van der Waals surface area contributed by atoms with Crippen molar-refractivity contribution in [2.75, 3.05) is 11.4 Å². The molecule has 0 spiro atoms. The van der Waals surface area contributed by atoms with Gasteiger partial charge in [-0.3, -0.25) is 14.9 Å². The number of carbonyl (C=O) groups excluding carboxylic acids is 1. The highest BCUT2D eigenvalue weighted by molar-refractivity contribution is 5.95. The first kappa shape index (κ1) is 21.4. The first-order valence-electron chi connectivity index (χ1n) is 9.83. The average Bonchev–Trinajstić information content (AvgIpc) is 2.68.